The summed E-state index contributed by atoms with van der Waals surface area (Å²) in [6.07, 6.45) is 0.971. The molecule has 0 unspecified atom stereocenters. The molecule has 0 saturated carbocycles. The number of rotatable bonds is 6. The van der Waals surface area contributed by atoms with Crippen molar-refractivity contribution in [2.45, 2.75) is 51.6 Å². The van der Waals surface area contributed by atoms with E-state index in [2.05, 4.69) is 26.0 Å². The van der Waals surface area contributed by atoms with Crippen LogP contribution in [-0.4, -0.2) is 23.8 Å². The van der Waals surface area contributed by atoms with Crippen LogP contribution < -0.4 is 0 Å². The van der Waals surface area contributed by atoms with Crippen molar-refractivity contribution in [1.29, 1.82) is 0 Å². The van der Waals surface area contributed by atoms with Gasteiger partial charge in [-0.1, -0.05) is 38.1 Å². The van der Waals surface area contributed by atoms with E-state index in [1.165, 1.54) is 5.56 Å². The van der Waals surface area contributed by atoms with Gasteiger partial charge in [0.2, 0.25) is 0 Å². The van der Waals surface area contributed by atoms with Crippen molar-refractivity contribution in [3.8, 4) is 0 Å². The second-order valence-corrected chi connectivity index (χ2v) is 6.29. The highest BCUT2D eigenvalue weighted by Crippen LogP contribution is 2.28. The van der Waals surface area contributed by atoms with E-state index < -0.39 is 5.97 Å². The summed E-state index contributed by atoms with van der Waals surface area (Å²) in [4.78, 5) is 10.9. The lowest BCUT2D eigenvalue weighted by molar-refractivity contribution is -0.138. The molecule has 0 fully saturated rings. The third-order valence-corrected chi connectivity index (χ3v) is 3.51. The van der Waals surface area contributed by atoms with Crippen molar-refractivity contribution in [3.63, 3.8) is 0 Å². The van der Waals surface area contributed by atoms with Crippen molar-refractivity contribution < 1.29 is 14.6 Å². The molecule has 106 valence electrons. The van der Waals surface area contributed by atoms with Gasteiger partial charge in [0.15, 0.2) is 0 Å². The van der Waals surface area contributed by atoms with E-state index in [0.29, 0.717) is 0 Å². The number of benzene rings is 1. The van der Waals surface area contributed by atoms with Gasteiger partial charge in [0, 0.05) is 18.9 Å². The summed E-state index contributed by atoms with van der Waals surface area (Å²) >= 11 is 0. The Morgan fingerprint density at radius 2 is 1.68 bits per heavy atom. The van der Waals surface area contributed by atoms with Crippen LogP contribution in [0.3, 0.4) is 0 Å². The molecule has 0 aromatic heterocycles. The Morgan fingerprint density at radius 3 is 2.11 bits per heavy atom. The fourth-order valence-electron chi connectivity index (χ4n) is 2.12. The molecule has 3 nitrogen and oxygen atoms in total. The van der Waals surface area contributed by atoms with Crippen LogP contribution in [-0.2, 0) is 21.4 Å². The van der Waals surface area contributed by atoms with E-state index in [-0.39, 0.29) is 17.4 Å². The molecule has 0 aliphatic heterocycles. The molecule has 0 heterocycles. The Bertz CT molecular complexity index is 430. The molecule has 0 saturated heterocycles. The molecule has 0 aliphatic carbocycles. The minimum Gasteiger partial charge on any atom is -0.481 e. The molecule has 1 aromatic rings. The van der Waals surface area contributed by atoms with Gasteiger partial charge in [-0.3, -0.25) is 4.79 Å². The predicted octanol–water partition coefficient (Wildman–Crippen LogP) is 3.41. The molecule has 19 heavy (non-hydrogen) atoms. The van der Waals surface area contributed by atoms with E-state index in [1.807, 2.05) is 26.0 Å². The van der Waals surface area contributed by atoms with Gasteiger partial charge in [-0.25, -0.2) is 0 Å². The maximum absolute atomic E-state index is 10.9. The third kappa shape index (κ3) is 4.67. The minimum absolute atomic E-state index is 0.135. The summed E-state index contributed by atoms with van der Waals surface area (Å²) in [7, 11) is 1.71. The van der Waals surface area contributed by atoms with Gasteiger partial charge >= 0.3 is 5.97 Å². The summed E-state index contributed by atoms with van der Waals surface area (Å²) in [6, 6.07) is 8.15. The zero-order chi connectivity index (χ0) is 14.7. The first-order valence-electron chi connectivity index (χ1n) is 6.53. The Morgan fingerprint density at radius 1 is 1.16 bits per heavy atom. The first-order chi connectivity index (χ1) is 8.66. The lowest BCUT2D eigenvalue weighted by Gasteiger charge is -2.25. The third-order valence-electron chi connectivity index (χ3n) is 3.51. The van der Waals surface area contributed by atoms with Crippen molar-refractivity contribution in [1.82, 2.24) is 0 Å². The largest absolute Gasteiger partial charge is 0.481 e. The quantitative estimate of drug-likeness (QED) is 0.856. The highest BCUT2D eigenvalue weighted by Gasteiger charge is 2.24. The van der Waals surface area contributed by atoms with Gasteiger partial charge in [0.25, 0.3) is 0 Å². The van der Waals surface area contributed by atoms with Gasteiger partial charge in [-0.15, -0.1) is 0 Å². The standard InChI is InChI=1S/C16H24O3/c1-15(2,11-14(17)18)13-8-6-12(7-9-13)10-16(3,4)19-5/h6-9H,10-11H2,1-5H3,(H,17,18). The van der Waals surface area contributed by atoms with Crippen molar-refractivity contribution >= 4 is 5.97 Å². The SMILES string of the molecule is COC(C)(C)Cc1ccc(C(C)(C)CC(=O)O)cc1. The van der Waals surface area contributed by atoms with Gasteiger partial charge in [0.05, 0.1) is 12.0 Å². The number of carbonyl (C=O) groups is 1. The molecular formula is C16H24O3. The summed E-state index contributed by atoms with van der Waals surface area (Å²) in [6.45, 7) is 8.01. The minimum atomic E-state index is -0.769. The Balaban J connectivity index is 2.84. The number of carboxylic acid groups (broad SMARTS) is 1. The molecule has 1 aromatic carbocycles. The maximum atomic E-state index is 10.9. The zero-order valence-corrected chi connectivity index (χ0v) is 12.5. The van der Waals surface area contributed by atoms with Crippen molar-refractivity contribution in [2.24, 2.45) is 0 Å². The average Bonchev–Trinajstić information content (AvgIpc) is 2.27. The molecular weight excluding hydrogens is 240 g/mol. The predicted molar refractivity (Wildman–Crippen MR) is 76.5 cm³/mol. The molecule has 0 aliphatic rings. The normalized spacial score (nSPS) is 12.5. The second-order valence-electron chi connectivity index (χ2n) is 6.29. The van der Waals surface area contributed by atoms with Crippen LogP contribution in [0.1, 0.15) is 45.2 Å². The highest BCUT2D eigenvalue weighted by atomic mass is 16.5. The van der Waals surface area contributed by atoms with E-state index in [0.717, 1.165) is 12.0 Å². The molecule has 0 spiro atoms. The van der Waals surface area contributed by atoms with E-state index in [1.54, 1.807) is 7.11 Å². The van der Waals surface area contributed by atoms with Gasteiger partial charge in [0.1, 0.15) is 0 Å². The van der Waals surface area contributed by atoms with Crippen molar-refractivity contribution in [3.05, 3.63) is 35.4 Å². The number of hydrogen-bond donors (Lipinski definition) is 1. The van der Waals surface area contributed by atoms with Crippen LogP contribution >= 0.6 is 0 Å². The summed E-state index contributed by atoms with van der Waals surface area (Å²) in [5, 5.41) is 8.93. The Labute approximate surface area is 115 Å². The molecule has 0 bridgehead atoms. The number of aliphatic carboxylic acids is 1. The maximum Gasteiger partial charge on any atom is 0.304 e. The molecule has 0 atom stereocenters. The molecule has 1 N–H and O–H groups in total. The summed E-state index contributed by atoms with van der Waals surface area (Å²) in [5.74, 6) is -0.769. The monoisotopic (exact) mass is 264 g/mol. The summed E-state index contributed by atoms with van der Waals surface area (Å²) < 4.78 is 5.41. The lowest BCUT2D eigenvalue weighted by Crippen LogP contribution is -2.25. The van der Waals surface area contributed by atoms with Crippen molar-refractivity contribution in [2.75, 3.05) is 7.11 Å². The van der Waals surface area contributed by atoms with Crippen LogP contribution in [0.4, 0.5) is 0 Å². The highest BCUT2D eigenvalue weighted by molar-refractivity contribution is 5.68. The number of methoxy groups -OCH3 is 1. The van der Waals surface area contributed by atoms with Crippen LogP contribution in [0.15, 0.2) is 24.3 Å². The fourth-order valence-corrected chi connectivity index (χ4v) is 2.12. The molecule has 0 amide bonds. The van der Waals surface area contributed by atoms with E-state index in [4.69, 9.17) is 9.84 Å². The Kier molecular flexibility index (Phi) is 4.75. The number of carboxylic acids is 1. The average molecular weight is 264 g/mol. The van der Waals surface area contributed by atoms with Crippen LogP contribution in [0.25, 0.3) is 0 Å². The number of ether oxygens (including phenoxy) is 1. The van der Waals surface area contributed by atoms with Crippen LogP contribution in [0.2, 0.25) is 0 Å². The second kappa shape index (κ2) is 5.74. The number of hydrogen-bond acceptors (Lipinski definition) is 2. The summed E-state index contributed by atoms with van der Waals surface area (Å²) in [5.41, 5.74) is 1.72. The van der Waals surface area contributed by atoms with Crippen LogP contribution in [0.5, 0.6) is 0 Å². The van der Waals surface area contributed by atoms with E-state index in [9.17, 15) is 4.79 Å². The van der Waals surface area contributed by atoms with Gasteiger partial charge in [-0.2, -0.15) is 0 Å². The van der Waals surface area contributed by atoms with Gasteiger partial charge < -0.3 is 9.84 Å². The molecule has 1 rings (SSSR count). The molecule has 0 radical (unpaired) electrons. The first kappa shape index (κ1) is 15.7. The zero-order valence-electron chi connectivity index (χ0n) is 12.5. The lowest BCUT2D eigenvalue weighted by atomic mass is 9.81. The van der Waals surface area contributed by atoms with E-state index >= 15 is 0 Å². The fraction of sp³-hybridized carbons (Fsp3) is 0.562. The topological polar surface area (TPSA) is 46.5 Å². The van der Waals surface area contributed by atoms with Gasteiger partial charge in [-0.05, 0) is 25.0 Å². The molecule has 3 heteroatoms. The first-order valence-corrected chi connectivity index (χ1v) is 6.53. The van der Waals surface area contributed by atoms with Crippen LogP contribution in [0, 0.1) is 0 Å². The Hall–Kier alpha value is -1.35. The smallest absolute Gasteiger partial charge is 0.304 e.